The Hall–Kier alpha value is -4.22. The largest absolute Gasteiger partial charge is 0.534 e. The molecule has 1 saturated heterocycles. The lowest BCUT2D eigenvalue weighted by Gasteiger charge is -2.32. The quantitative estimate of drug-likeness (QED) is 0.165. The summed E-state index contributed by atoms with van der Waals surface area (Å²) in [5, 5.41) is 15.6. The summed E-state index contributed by atoms with van der Waals surface area (Å²) >= 11 is 0. The van der Waals surface area contributed by atoms with E-state index in [4.69, 9.17) is 0 Å². The van der Waals surface area contributed by atoms with Gasteiger partial charge in [-0.2, -0.15) is 21.6 Å². The molecule has 7 nitrogen and oxygen atoms in total. The molecule has 0 amide bonds. The van der Waals surface area contributed by atoms with Gasteiger partial charge in [-0.15, -0.1) is 10.2 Å². The molecule has 2 heterocycles. The van der Waals surface area contributed by atoms with E-state index in [-0.39, 0.29) is 6.04 Å². The van der Waals surface area contributed by atoms with Gasteiger partial charge in [-0.1, -0.05) is 66.7 Å². The van der Waals surface area contributed by atoms with Crippen LogP contribution in [0.2, 0.25) is 0 Å². The second-order valence-electron chi connectivity index (χ2n) is 10.3. The number of rotatable bonds is 7. The van der Waals surface area contributed by atoms with Crippen LogP contribution in [0.15, 0.2) is 91.0 Å². The number of likely N-dealkylation sites (tertiary alicyclic amines) is 1. The Bertz CT molecular complexity index is 1840. The lowest BCUT2D eigenvalue weighted by atomic mass is 10.0. The van der Waals surface area contributed by atoms with E-state index in [1.807, 2.05) is 42.5 Å². The predicted molar refractivity (Wildman–Crippen MR) is 156 cm³/mol. The summed E-state index contributed by atoms with van der Waals surface area (Å²) in [5.74, 6) is -0.104. The maximum atomic E-state index is 13.0. The van der Waals surface area contributed by atoms with Crippen LogP contribution in [0.25, 0.3) is 32.8 Å². The normalized spacial score (nSPS) is 15.2. The van der Waals surface area contributed by atoms with E-state index in [1.165, 1.54) is 34.5 Å². The van der Waals surface area contributed by atoms with Crippen LogP contribution in [0.3, 0.4) is 0 Å². The van der Waals surface area contributed by atoms with Gasteiger partial charge in [0.25, 0.3) is 0 Å². The number of hydrogen-bond acceptors (Lipinski definition) is 7. The monoisotopic (exact) mass is 592 g/mol. The number of halogens is 3. The molecule has 11 heteroatoms. The molecule has 0 bridgehead atoms. The number of nitrogens with zero attached hydrogens (tertiary/aromatic N) is 3. The zero-order valence-electron chi connectivity index (χ0n) is 22.4. The number of hydrogen-bond donors (Lipinski definition) is 1. The van der Waals surface area contributed by atoms with Crippen molar-refractivity contribution in [3.63, 3.8) is 0 Å². The van der Waals surface area contributed by atoms with E-state index in [0.29, 0.717) is 22.3 Å². The fraction of sp³-hybridized carbons (Fsp3) is 0.226. The Kier molecular flexibility index (Phi) is 7.46. The molecule has 1 N–H and O–H groups in total. The minimum atomic E-state index is -5.83. The van der Waals surface area contributed by atoms with Crippen molar-refractivity contribution >= 4 is 37.5 Å². The van der Waals surface area contributed by atoms with Gasteiger partial charge in [-0.3, -0.25) is 4.90 Å². The van der Waals surface area contributed by atoms with Crippen LogP contribution < -0.4 is 9.50 Å². The molecule has 0 saturated carbocycles. The first kappa shape index (κ1) is 27.9. The number of anilines is 1. The van der Waals surface area contributed by atoms with E-state index in [1.54, 1.807) is 0 Å². The minimum Gasteiger partial charge on any atom is -0.376 e. The van der Waals surface area contributed by atoms with Gasteiger partial charge in [0.15, 0.2) is 5.82 Å². The summed E-state index contributed by atoms with van der Waals surface area (Å²) in [6.07, 6.45) is 1.63. The number of fused-ring (bicyclic) bond motifs is 2. The average Bonchev–Trinajstić information content (AvgIpc) is 2.98. The molecular weight excluding hydrogens is 565 g/mol. The minimum absolute atomic E-state index is 0.0430. The summed E-state index contributed by atoms with van der Waals surface area (Å²) in [5.41, 5.74) is -3.02. The molecule has 0 atom stereocenters. The average molecular weight is 593 g/mol. The van der Waals surface area contributed by atoms with Gasteiger partial charge < -0.3 is 9.50 Å². The third-order valence-corrected chi connectivity index (χ3v) is 8.42. The molecule has 216 valence electrons. The van der Waals surface area contributed by atoms with Crippen molar-refractivity contribution in [2.24, 2.45) is 0 Å². The van der Waals surface area contributed by atoms with E-state index in [0.717, 1.165) is 38.0 Å². The highest BCUT2D eigenvalue weighted by molar-refractivity contribution is 7.88. The Morgan fingerprint density at radius 1 is 0.833 bits per heavy atom. The third kappa shape index (κ3) is 5.88. The highest BCUT2D eigenvalue weighted by atomic mass is 32.2. The molecule has 5 aromatic rings. The Morgan fingerprint density at radius 2 is 1.55 bits per heavy atom. The molecule has 0 radical (unpaired) electrons. The summed E-state index contributed by atoms with van der Waals surface area (Å²) in [6.45, 7) is 2.52. The first-order chi connectivity index (χ1) is 20.2. The Morgan fingerprint density at radius 3 is 2.29 bits per heavy atom. The standard InChI is InChI=1S/C31H27F3N4O3S/c32-31(33,34)42(39,40)41-26-12-13-27-28(19-26)30(37-36-29(27)23-7-2-1-3-8-23)35-25-14-16-38(17-15-25)20-21-10-11-22-6-4-5-9-24(22)18-21/h1-13,18-19,25H,14-17,20H2,(H,35,37). The van der Waals surface area contributed by atoms with Crippen molar-refractivity contribution in [3.05, 3.63) is 96.6 Å². The molecule has 1 fully saturated rings. The van der Waals surface area contributed by atoms with Gasteiger partial charge in [-0.05, 0) is 53.4 Å². The van der Waals surface area contributed by atoms with Crippen molar-refractivity contribution in [1.82, 2.24) is 15.1 Å². The lowest BCUT2D eigenvalue weighted by Crippen LogP contribution is -2.38. The summed E-state index contributed by atoms with van der Waals surface area (Å²) in [4.78, 5) is 2.39. The number of nitrogens with one attached hydrogen (secondary N) is 1. The molecule has 1 aliphatic rings. The third-order valence-electron chi connectivity index (χ3n) is 7.44. The van der Waals surface area contributed by atoms with Crippen molar-refractivity contribution < 1.29 is 25.8 Å². The van der Waals surface area contributed by atoms with Crippen LogP contribution in [0.1, 0.15) is 18.4 Å². The Labute approximate surface area is 241 Å². The number of piperidine rings is 1. The zero-order chi connectivity index (χ0) is 29.3. The van der Waals surface area contributed by atoms with Crippen molar-refractivity contribution in [3.8, 4) is 17.0 Å². The van der Waals surface area contributed by atoms with Crippen LogP contribution >= 0.6 is 0 Å². The first-order valence-corrected chi connectivity index (χ1v) is 14.9. The SMILES string of the molecule is O=S(=O)(Oc1ccc2c(-c3ccccc3)nnc(NC3CCN(Cc4ccc5ccccc5c4)CC3)c2c1)C(F)(F)F. The van der Waals surface area contributed by atoms with Crippen LogP contribution in [0.4, 0.5) is 19.0 Å². The van der Waals surface area contributed by atoms with Gasteiger partial charge in [0.2, 0.25) is 0 Å². The molecule has 1 aliphatic heterocycles. The number of benzene rings is 4. The van der Waals surface area contributed by atoms with E-state index in [2.05, 4.69) is 54.9 Å². The van der Waals surface area contributed by atoms with Crippen LogP contribution in [0, 0.1) is 0 Å². The topological polar surface area (TPSA) is 84.4 Å². The van der Waals surface area contributed by atoms with E-state index in [9.17, 15) is 21.6 Å². The molecular formula is C31H27F3N4O3S. The van der Waals surface area contributed by atoms with Gasteiger partial charge in [-0.25, -0.2) is 0 Å². The van der Waals surface area contributed by atoms with E-state index >= 15 is 0 Å². The second-order valence-corrected chi connectivity index (χ2v) is 11.9. The molecule has 4 aromatic carbocycles. The maximum Gasteiger partial charge on any atom is 0.534 e. The van der Waals surface area contributed by atoms with Gasteiger partial charge in [0.1, 0.15) is 11.4 Å². The highest BCUT2D eigenvalue weighted by Gasteiger charge is 2.48. The molecule has 42 heavy (non-hydrogen) atoms. The van der Waals surface area contributed by atoms with Gasteiger partial charge >= 0.3 is 15.6 Å². The zero-order valence-corrected chi connectivity index (χ0v) is 23.2. The molecule has 0 aliphatic carbocycles. The van der Waals surface area contributed by atoms with Crippen molar-refractivity contribution in [1.29, 1.82) is 0 Å². The van der Waals surface area contributed by atoms with Gasteiger partial charge in [0, 0.05) is 42.0 Å². The molecule has 1 aromatic heterocycles. The molecule has 6 rings (SSSR count). The smallest absolute Gasteiger partial charge is 0.376 e. The highest BCUT2D eigenvalue weighted by Crippen LogP contribution is 2.35. The molecule has 0 spiro atoms. The molecule has 0 unspecified atom stereocenters. The lowest BCUT2D eigenvalue weighted by molar-refractivity contribution is -0.0500. The fourth-order valence-corrected chi connectivity index (χ4v) is 5.75. The van der Waals surface area contributed by atoms with E-state index < -0.39 is 21.4 Å². The van der Waals surface area contributed by atoms with Crippen LogP contribution in [-0.4, -0.2) is 48.2 Å². The van der Waals surface area contributed by atoms with Crippen molar-refractivity contribution in [2.75, 3.05) is 18.4 Å². The predicted octanol–water partition coefficient (Wildman–Crippen LogP) is 6.75. The summed E-state index contributed by atoms with van der Waals surface area (Å²) in [7, 11) is -5.83. The number of alkyl halides is 3. The summed E-state index contributed by atoms with van der Waals surface area (Å²) < 4.78 is 66.8. The fourth-order valence-electron chi connectivity index (χ4n) is 5.30. The van der Waals surface area contributed by atoms with Crippen LogP contribution in [-0.2, 0) is 16.7 Å². The maximum absolute atomic E-state index is 13.0. The summed E-state index contributed by atoms with van der Waals surface area (Å²) in [6, 6.07) is 28.0. The first-order valence-electron chi connectivity index (χ1n) is 13.5. The van der Waals surface area contributed by atoms with Gasteiger partial charge in [0.05, 0.1) is 0 Å². The van der Waals surface area contributed by atoms with Crippen LogP contribution in [0.5, 0.6) is 5.75 Å². The van der Waals surface area contributed by atoms with Crippen molar-refractivity contribution in [2.45, 2.75) is 30.9 Å². The second kappa shape index (κ2) is 11.2. The Balaban J connectivity index is 1.23. The number of aromatic nitrogens is 2.